The number of halogens is 2. The van der Waals surface area contributed by atoms with Crippen LogP contribution in [0.3, 0.4) is 0 Å². The number of fused-ring (bicyclic) bond motifs is 3. The molecule has 3 rings (SSSR count). The first-order valence-corrected chi connectivity index (χ1v) is 17.0. The Kier molecular flexibility index (Phi) is 10.5. The molecular weight excluding hydrogens is 696 g/mol. The lowest BCUT2D eigenvalue weighted by Crippen LogP contribution is -2.43. The molecule has 1 aliphatic rings. The Labute approximate surface area is 232 Å². The van der Waals surface area contributed by atoms with E-state index >= 15 is 0 Å². The van der Waals surface area contributed by atoms with Crippen molar-refractivity contribution in [2.75, 3.05) is 13.2 Å². The van der Waals surface area contributed by atoms with Crippen LogP contribution >= 0.6 is 60.3 Å². The number of esters is 1. The van der Waals surface area contributed by atoms with Gasteiger partial charge in [-0.15, -0.1) is 0 Å². The van der Waals surface area contributed by atoms with Crippen LogP contribution < -0.4 is 5.32 Å². The molecule has 34 heavy (non-hydrogen) atoms. The van der Waals surface area contributed by atoms with Crippen molar-refractivity contribution in [3.8, 4) is 33.5 Å². The van der Waals surface area contributed by atoms with Crippen molar-refractivity contribution in [3.63, 3.8) is 0 Å². The number of hydrogen-bond donors (Lipinski definition) is 2. The Balaban J connectivity index is 1.85. The van der Waals surface area contributed by atoms with Gasteiger partial charge in [0.15, 0.2) is 0 Å². The molecule has 2 N–H and O–H groups in total. The number of benzene rings is 2. The van der Waals surface area contributed by atoms with Crippen LogP contribution in [0.4, 0.5) is 0 Å². The summed E-state index contributed by atoms with van der Waals surface area (Å²) in [6.45, 7) is 3.56. The second kappa shape index (κ2) is 13.1. The van der Waals surface area contributed by atoms with E-state index in [1.807, 2.05) is 12.1 Å². The van der Waals surface area contributed by atoms with Crippen molar-refractivity contribution >= 4 is 72.2 Å². The molecule has 5 nitrogen and oxygen atoms in total. The predicted molar refractivity (Wildman–Crippen MR) is 156 cm³/mol. The van der Waals surface area contributed by atoms with Crippen LogP contribution in [0.5, 0.6) is 0 Å². The van der Waals surface area contributed by atoms with Crippen molar-refractivity contribution in [2.24, 2.45) is 5.92 Å². The zero-order valence-electron chi connectivity index (χ0n) is 18.4. The molecule has 9 heteroatoms. The highest BCUT2D eigenvalue weighted by atomic mass is 127. The smallest absolute Gasteiger partial charge is 0.320 e. The first-order chi connectivity index (χ1) is 16.3. The molecule has 1 aliphatic carbocycles. The van der Waals surface area contributed by atoms with Crippen LogP contribution in [0.25, 0.3) is 11.1 Å². The highest BCUT2D eigenvalue weighted by molar-refractivity contribution is 14.2. The normalized spacial score (nSPS) is 12.6. The van der Waals surface area contributed by atoms with E-state index in [1.54, 1.807) is 13.8 Å². The molecule has 0 saturated heterocycles. The molecule has 0 aromatic heterocycles. The van der Waals surface area contributed by atoms with Gasteiger partial charge in [-0.25, -0.2) is 0 Å². The predicted octanol–water partition coefficient (Wildman–Crippen LogP) is 5.83. The lowest BCUT2D eigenvalue weighted by atomic mass is 9.96. The van der Waals surface area contributed by atoms with Crippen LogP contribution in [-0.4, -0.2) is 36.2 Å². The Hall–Kier alpha value is -1.38. The van der Waals surface area contributed by atoms with Gasteiger partial charge in [0.05, 0.1) is 6.54 Å². The van der Waals surface area contributed by atoms with Gasteiger partial charge < -0.3 is 9.84 Å². The monoisotopic (exact) mass is 717 g/mol. The van der Waals surface area contributed by atoms with Gasteiger partial charge in [0.1, 0.15) is 12.6 Å². The standard InChI is InChI=1S/C25H21I2NO4S2/c1-15(2)24(25(30)31)28-13-23(29)32-14-22-20-11-16(7-9-33-26)3-5-18(20)19-6-4-17(8-10-34-27)12-21(19)22/h3-6,11-12,15,22,24,28H,13-14H2,1-2H3,(H,30,31). The molecule has 0 amide bonds. The molecule has 0 fully saturated rings. The molecule has 0 bridgehead atoms. The quantitative estimate of drug-likeness (QED) is 0.213. The Morgan fingerprint density at radius 1 is 1.03 bits per heavy atom. The lowest BCUT2D eigenvalue weighted by molar-refractivity contribution is -0.144. The zero-order chi connectivity index (χ0) is 24.7. The maximum absolute atomic E-state index is 12.5. The summed E-state index contributed by atoms with van der Waals surface area (Å²) in [6.07, 6.45) is 0. The fourth-order valence-electron chi connectivity index (χ4n) is 3.88. The average Bonchev–Trinajstić information content (AvgIpc) is 3.11. The van der Waals surface area contributed by atoms with Gasteiger partial charge in [-0.1, -0.05) is 37.8 Å². The minimum absolute atomic E-state index is 0.149. The molecule has 176 valence electrons. The summed E-state index contributed by atoms with van der Waals surface area (Å²) >= 11 is 4.28. The van der Waals surface area contributed by atoms with Crippen molar-refractivity contribution in [3.05, 3.63) is 58.7 Å². The second-order valence-corrected chi connectivity index (χ2v) is 11.2. The number of hydrogen-bond acceptors (Lipinski definition) is 6. The first-order valence-electron chi connectivity index (χ1n) is 10.3. The summed E-state index contributed by atoms with van der Waals surface area (Å²) in [6, 6.07) is 11.4. The van der Waals surface area contributed by atoms with E-state index in [1.165, 1.54) is 17.9 Å². The van der Waals surface area contributed by atoms with Gasteiger partial charge in [-0.05, 0) is 80.8 Å². The minimum atomic E-state index is -0.988. The van der Waals surface area contributed by atoms with Gasteiger partial charge >= 0.3 is 11.9 Å². The molecule has 0 saturated carbocycles. The van der Waals surface area contributed by atoms with Gasteiger partial charge in [-0.2, -0.15) is 0 Å². The van der Waals surface area contributed by atoms with Crippen LogP contribution in [0, 0.1) is 28.3 Å². The number of carboxylic acids is 1. The zero-order valence-corrected chi connectivity index (χ0v) is 24.3. The summed E-state index contributed by atoms with van der Waals surface area (Å²) in [4.78, 5) is 23.8. The third kappa shape index (κ3) is 6.85. The number of aliphatic carboxylic acids is 1. The molecular formula is C25H21I2NO4S2. The number of nitrogens with one attached hydrogen (secondary N) is 1. The fraction of sp³-hybridized carbons (Fsp3) is 0.280. The van der Waals surface area contributed by atoms with Gasteiger partial charge in [0.2, 0.25) is 0 Å². The van der Waals surface area contributed by atoms with E-state index in [0.29, 0.717) is 0 Å². The third-order valence-electron chi connectivity index (χ3n) is 5.42. The first kappa shape index (κ1) is 27.2. The summed E-state index contributed by atoms with van der Waals surface area (Å²) in [7, 11) is 2.85. The van der Waals surface area contributed by atoms with Crippen molar-refractivity contribution in [1.82, 2.24) is 5.32 Å². The SMILES string of the molecule is CC(C)C(NCC(=O)OCC1c2cc(C#CSI)ccc2-c2ccc(C#CSI)cc21)C(=O)O. The second-order valence-electron chi connectivity index (χ2n) is 7.89. The number of ether oxygens (including phenoxy) is 1. The fourth-order valence-corrected chi connectivity index (χ4v) is 4.85. The van der Waals surface area contributed by atoms with Crippen LogP contribution in [0.2, 0.25) is 0 Å². The van der Waals surface area contributed by atoms with Gasteiger partial charge in [0, 0.05) is 59.5 Å². The number of carboxylic acid groups (broad SMARTS) is 1. The van der Waals surface area contributed by atoms with Gasteiger partial charge in [-0.3, -0.25) is 14.9 Å². The molecule has 0 aliphatic heterocycles. The van der Waals surface area contributed by atoms with Gasteiger partial charge in [0.25, 0.3) is 0 Å². The number of rotatable bonds is 7. The topological polar surface area (TPSA) is 75.6 Å². The van der Waals surface area contributed by atoms with E-state index in [4.69, 9.17) is 4.74 Å². The van der Waals surface area contributed by atoms with E-state index < -0.39 is 18.0 Å². The van der Waals surface area contributed by atoms with Crippen molar-refractivity contribution in [1.29, 1.82) is 0 Å². The summed E-state index contributed by atoms with van der Waals surface area (Å²) in [5.74, 6) is 4.49. The maximum Gasteiger partial charge on any atom is 0.320 e. The molecule has 1 atom stereocenters. The van der Waals surface area contributed by atoms with E-state index in [-0.39, 0.29) is 25.0 Å². The van der Waals surface area contributed by atoms with Crippen LogP contribution in [-0.2, 0) is 14.3 Å². The number of carbonyl (C=O) groups excluding carboxylic acids is 1. The summed E-state index contributed by atoms with van der Waals surface area (Å²) in [5.41, 5.74) is 6.10. The molecule has 0 radical (unpaired) electrons. The van der Waals surface area contributed by atoms with Crippen LogP contribution in [0.1, 0.15) is 42.0 Å². The molecule has 2 aromatic rings. The summed E-state index contributed by atoms with van der Waals surface area (Å²) in [5, 5.41) is 18.1. The largest absolute Gasteiger partial charge is 0.480 e. The highest BCUT2D eigenvalue weighted by Gasteiger charge is 2.30. The summed E-state index contributed by atoms with van der Waals surface area (Å²) < 4.78 is 5.61. The minimum Gasteiger partial charge on any atom is -0.480 e. The average molecular weight is 717 g/mol. The van der Waals surface area contributed by atoms with E-state index in [0.717, 1.165) is 33.4 Å². The van der Waals surface area contributed by atoms with Crippen molar-refractivity contribution in [2.45, 2.75) is 25.8 Å². The Morgan fingerprint density at radius 2 is 1.56 bits per heavy atom. The van der Waals surface area contributed by atoms with Crippen LogP contribution in [0.15, 0.2) is 36.4 Å². The Morgan fingerprint density at radius 3 is 2.00 bits per heavy atom. The van der Waals surface area contributed by atoms with E-state index in [2.05, 4.69) is 94.3 Å². The Bertz CT molecular complexity index is 1140. The third-order valence-corrected chi connectivity index (χ3v) is 7.10. The highest BCUT2D eigenvalue weighted by Crippen LogP contribution is 2.45. The van der Waals surface area contributed by atoms with E-state index in [9.17, 15) is 14.7 Å². The molecule has 0 spiro atoms. The lowest BCUT2D eigenvalue weighted by Gasteiger charge is -2.18. The number of carbonyl (C=O) groups is 2. The molecule has 2 aromatic carbocycles. The maximum atomic E-state index is 12.5. The molecule has 0 heterocycles. The molecule has 1 unspecified atom stereocenters. The van der Waals surface area contributed by atoms with Crippen molar-refractivity contribution < 1.29 is 19.4 Å².